The third kappa shape index (κ3) is 4.00. The maximum Gasteiger partial charge on any atom is 0.223 e. The van der Waals surface area contributed by atoms with Gasteiger partial charge in [-0.2, -0.15) is 0 Å². The minimum atomic E-state index is 0.0234. The smallest absolute Gasteiger partial charge is 0.223 e. The van der Waals surface area contributed by atoms with Crippen molar-refractivity contribution < 1.29 is 4.79 Å². The quantitative estimate of drug-likeness (QED) is 0.846. The van der Waals surface area contributed by atoms with Gasteiger partial charge in [0.25, 0.3) is 0 Å². The number of aryl methyl sites for hydroxylation is 2. The molecule has 0 saturated heterocycles. The summed E-state index contributed by atoms with van der Waals surface area (Å²) in [6, 6.07) is 4.06. The van der Waals surface area contributed by atoms with Gasteiger partial charge < -0.3 is 15.2 Å². The molecule has 0 bridgehead atoms. The maximum atomic E-state index is 12.5. The molecule has 3 rings (SSSR count). The molecule has 0 spiro atoms. The van der Waals surface area contributed by atoms with Crippen molar-refractivity contribution in [1.82, 2.24) is 20.3 Å². The Bertz CT molecular complexity index is 718. The Labute approximate surface area is 149 Å². The predicted octanol–water partition coefficient (Wildman–Crippen LogP) is 2.38. The molecular formula is C19H27N5O. The Kier molecular flexibility index (Phi) is 5.36. The number of fused-ring (bicyclic) bond motifs is 1. The molecule has 0 aromatic carbocycles. The van der Waals surface area contributed by atoms with E-state index >= 15 is 0 Å². The van der Waals surface area contributed by atoms with E-state index < -0.39 is 0 Å². The third-order valence-corrected chi connectivity index (χ3v) is 4.90. The molecule has 2 heterocycles. The van der Waals surface area contributed by atoms with Crippen molar-refractivity contribution in [3.8, 4) is 0 Å². The number of amides is 1. The molecule has 6 heteroatoms. The summed E-state index contributed by atoms with van der Waals surface area (Å²) in [5.74, 6) is 2.06. The molecule has 0 unspecified atom stereocenters. The van der Waals surface area contributed by atoms with Crippen molar-refractivity contribution in [2.24, 2.45) is 5.92 Å². The first-order chi connectivity index (χ1) is 12.1. The van der Waals surface area contributed by atoms with Crippen LogP contribution in [-0.4, -0.2) is 33.9 Å². The largest absolute Gasteiger partial charge is 0.357 e. The average molecular weight is 341 g/mol. The van der Waals surface area contributed by atoms with Crippen LogP contribution in [0.25, 0.3) is 0 Å². The van der Waals surface area contributed by atoms with Crippen LogP contribution in [0.5, 0.6) is 0 Å². The van der Waals surface area contributed by atoms with Crippen molar-refractivity contribution in [2.75, 3.05) is 18.0 Å². The number of nitrogens with zero attached hydrogens (tertiary/aromatic N) is 3. The van der Waals surface area contributed by atoms with E-state index in [0.29, 0.717) is 6.54 Å². The lowest BCUT2D eigenvalue weighted by molar-refractivity contribution is -0.125. The van der Waals surface area contributed by atoms with Crippen molar-refractivity contribution >= 4 is 11.7 Å². The van der Waals surface area contributed by atoms with E-state index in [0.717, 1.165) is 60.9 Å². The van der Waals surface area contributed by atoms with Crippen molar-refractivity contribution in [1.29, 1.82) is 0 Å². The first-order valence-electron chi connectivity index (χ1n) is 9.12. The Morgan fingerprint density at radius 3 is 2.84 bits per heavy atom. The van der Waals surface area contributed by atoms with Crippen molar-refractivity contribution in [3.63, 3.8) is 0 Å². The van der Waals surface area contributed by atoms with Crippen LogP contribution in [0.1, 0.15) is 43.0 Å². The molecule has 1 atom stereocenters. The second-order valence-electron chi connectivity index (χ2n) is 6.60. The number of aromatic nitrogens is 3. The van der Waals surface area contributed by atoms with E-state index in [9.17, 15) is 4.79 Å². The van der Waals surface area contributed by atoms with Crippen LogP contribution in [0.3, 0.4) is 0 Å². The van der Waals surface area contributed by atoms with Crippen LogP contribution >= 0.6 is 0 Å². The van der Waals surface area contributed by atoms with Crippen molar-refractivity contribution in [2.45, 2.75) is 46.6 Å². The van der Waals surface area contributed by atoms with Gasteiger partial charge in [0.1, 0.15) is 11.6 Å². The van der Waals surface area contributed by atoms with Gasteiger partial charge in [-0.05, 0) is 45.2 Å². The molecule has 1 aliphatic rings. The summed E-state index contributed by atoms with van der Waals surface area (Å²) in [6.45, 7) is 8.61. The van der Waals surface area contributed by atoms with Gasteiger partial charge in [-0.15, -0.1) is 0 Å². The summed E-state index contributed by atoms with van der Waals surface area (Å²) in [6.07, 6.45) is 4.34. The van der Waals surface area contributed by atoms with Gasteiger partial charge >= 0.3 is 0 Å². The molecule has 1 aliphatic carbocycles. The molecule has 2 aromatic heterocycles. The summed E-state index contributed by atoms with van der Waals surface area (Å²) in [7, 11) is 0. The number of carbonyl (C=O) groups is 1. The van der Waals surface area contributed by atoms with E-state index in [1.807, 2.05) is 25.3 Å². The van der Waals surface area contributed by atoms with E-state index in [2.05, 4.69) is 39.0 Å². The van der Waals surface area contributed by atoms with E-state index in [1.165, 1.54) is 0 Å². The SMILES string of the molecule is CCN(CC)c1ccc(CNC(=O)[C@H]2CCc3nc(C)[nH]c3C2)cn1. The number of rotatable bonds is 6. The monoisotopic (exact) mass is 341 g/mol. The first-order valence-corrected chi connectivity index (χ1v) is 9.12. The Morgan fingerprint density at radius 1 is 1.36 bits per heavy atom. The molecule has 6 nitrogen and oxygen atoms in total. The lowest BCUT2D eigenvalue weighted by atomic mass is 9.89. The zero-order chi connectivity index (χ0) is 17.8. The third-order valence-electron chi connectivity index (χ3n) is 4.90. The fourth-order valence-corrected chi connectivity index (χ4v) is 3.44. The summed E-state index contributed by atoms with van der Waals surface area (Å²) in [5.41, 5.74) is 3.27. The van der Waals surface area contributed by atoms with Crippen LogP contribution < -0.4 is 10.2 Å². The number of aromatic amines is 1. The van der Waals surface area contributed by atoms with Crippen molar-refractivity contribution in [3.05, 3.63) is 41.1 Å². The number of hydrogen-bond acceptors (Lipinski definition) is 4. The Balaban J connectivity index is 1.54. The van der Waals surface area contributed by atoms with Gasteiger partial charge in [-0.25, -0.2) is 9.97 Å². The van der Waals surface area contributed by atoms with Crippen LogP contribution in [0, 0.1) is 12.8 Å². The van der Waals surface area contributed by atoms with E-state index in [4.69, 9.17) is 0 Å². The van der Waals surface area contributed by atoms with Gasteiger partial charge in [-0.1, -0.05) is 6.07 Å². The minimum absolute atomic E-state index is 0.0234. The van der Waals surface area contributed by atoms with Gasteiger partial charge in [0.15, 0.2) is 0 Å². The number of anilines is 1. The highest BCUT2D eigenvalue weighted by Gasteiger charge is 2.26. The number of hydrogen-bond donors (Lipinski definition) is 2. The number of nitrogens with one attached hydrogen (secondary N) is 2. The standard InChI is InChI=1S/C19H27N5O/c1-4-24(5-2)18-9-6-14(11-20-18)12-21-19(25)15-7-8-16-17(10-15)23-13(3)22-16/h6,9,11,15H,4-5,7-8,10,12H2,1-3H3,(H,21,25)(H,22,23)/t15-/m0/s1. The minimum Gasteiger partial charge on any atom is -0.357 e. The first kappa shape index (κ1) is 17.5. The molecule has 0 fully saturated rings. The van der Waals surface area contributed by atoms with Crippen LogP contribution in [0.2, 0.25) is 0 Å². The summed E-state index contributed by atoms with van der Waals surface area (Å²) in [4.78, 5) is 26.9. The summed E-state index contributed by atoms with van der Waals surface area (Å²) in [5, 5.41) is 3.06. The highest BCUT2D eigenvalue weighted by molar-refractivity contribution is 5.79. The zero-order valence-corrected chi connectivity index (χ0v) is 15.3. The zero-order valence-electron chi connectivity index (χ0n) is 15.3. The molecule has 25 heavy (non-hydrogen) atoms. The highest BCUT2D eigenvalue weighted by atomic mass is 16.1. The topological polar surface area (TPSA) is 73.9 Å². The molecule has 2 aromatic rings. The number of pyridine rings is 1. The second-order valence-corrected chi connectivity index (χ2v) is 6.60. The number of imidazole rings is 1. The van der Waals surface area contributed by atoms with Crippen LogP contribution in [0.15, 0.2) is 18.3 Å². The normalized spacial score (nSPS) is 16.4. The molecule has 0 saturated carbocycles. The number of carbonyl (C=O) groups excluding carboxylic acids is 1. The van der Waals surface area contributed by atoms with Gasteiger partial charge in [0.2, 0.25) is 5.91 Å². The fourth-order valence-electron chi connectivity index (χ4n) is 3.44. The van der Waals surface area contributed by atoms with E-state index in [-0.39, 0.29) is 11.8 Å². The van der Waals surface area contributed by atoms with Crippen LogP contribution in [0.4, 0.5) is 5.82 Å². The van der Waals surface area contributed by atoms with Gasteiger partial charge in [-0.3, -0.25) is 4.79 Å². The van der Waals surface area contributed by atoms with E-state index in [1.54, 1.807) is 0 Å². The molecule has 134 valence electrons. The van der Waals surface area contributed by atoms with Gasteiger partial charge in [0, 0.05) is 43.9 Å². The lowest BCUT2D eigenvalue weighted by Gasteiger charge is -2.21. The molecular weight excluding hydrogens is 314 g/mol. The molecule has 1 amide bonds. The molecule has 2 N–H and O–H groups in total. The highest BCUT2D eigenvalue weighted by Crippen LogP contribution is 2.24. The predicted molar refractivity (Wildman–Crippen MR) is 98.5 cm³/mol. The Hall–Kier alpha value is -2.37. The molecule has 0 radical (unpaired) electrons. The average Bonchev–Trinajstić information content (AvgIpc) is 3.01. The summed E-state index contributed by atoms with van der Waals surface area (Å²) < 4.78 is 0. The summed E-state index contributed by atoms with van der Waals surface area (Å²) >= 11 is 0. The molecule has 0 aliphatic heterocycles. The lowest BCUT2D eigenvalue weighted by Crippen LogP contribution is -2.33. The second kappa shape index (κ2) is 7.68. The fraction of sp³-hybridized carbons (Fsp3) is 0.526. The van der Waals surface area contributed by atoms with Gasteiger partial charge in [0.05, 0.1) is 5.69 Å². The number of H-pyrrole nitrogens is 1. The Morgan fingerprint density at radius 2 is 2.16 bits per heavy atom. The maximum absolute atomic E-state index is 12.5. The van der Waals surface area contributed by atoms with Crippen LogP contribution in [-0.2, 0) is 24.2 Å².